The van der Waals surface area contributed by atoms with Crippen LogP contribution in [-0.4, -0.2) is 39.6 Å². The Morgan fingerprint density at radius 1 is 1.44 bits per heavy atom. The number of aromatic carboxylic acids is 1. The van der Waals surface area contributed by atoms with Crippen LogP contribution in [0.1, 0.15) is 22.7 Å². The van der Waals surface area contributed by atoms with Crippen LogP contribution in [-0.2, 0) is 10.0 Å². The Morgan fingerprint density at radius 2 is 2.11 bits per heavy atom. The standard InChI is InChI=1S/C10H16N2O5S/c1-7-9(6-8(17-7)10(13)14)18(15,16)12-5-3-4-11-2/h6,11-12H,3-5H2,1-2H3,(H,13,14). The normalized spacial score (nSPS) is 11.7. The number of rotatable bonds is 7. The molecule has 0 aliphatic rings. The van der Waals surface area contributed by atoms with Crippen molar-refractivity contribution in [3.05, 3.63) is 17.6 Å². The van der Waals surface area contributed by atoms with Gasteiger partial charge in [-0.1, -0.05) is 0 Å². The minimum Gasteiger partial charge on any atom is -0.475 e. The third-order valence-corrected chi connectivity index (χ3v) is 3.84. The third kappa shape index (κ3) is 3.56. The minimum atomic E-state index is -3.72. The average Bonchev–Trinajstić information content (AvgIpc) is 2.68. The first-order chi connectivity index (χ1) is 8.38. The highest BCUT2D eigenvalue weighted by Crippen LogP contribution is 2.19. The van der Waals surface area contributed by atoms with Gasteiger partial charge in [-0.05, 0) is 26.9 Å². The van der Waals surface area contributed by atoms with E-state index in [0.29, 0.717) is 13.0 Å². The van der Waals surface area contributed by atoms with Crippen LogP contribution in [0.3, 0.4) is 0 Å². The van der Waals surface area contributed by atoms with Crippen molar-refractivity contribution >= 4 is 16.0 Å². The average molecular weight is 276 g/mol. The maximum Gasteiger partial charge on any atom is 0.371 e. The van der Waals surface area contributed by atoms with Gasteiger partial charge < -0.3 is 14.8 Å². The number of furan rings is 1. The number of nitrogens with one attached hydrogen (secondary N) is 2. The smallest absolute Gasteiger partial charge is 0.371 e. The van der Waals surface area contributed by atoms with Gasteiger partial charge in [0, 0.05) is 12.6 Å². The molecule has 0 aliphatic heterocycles. The molecule has 0 aromatic carbocycles. The number of aryl methyl sites for hydroxylation is 1. The van der Waals surface area contributed by atoms with Crippen LogP contribution in [0.2, 0.25) is 0 Å². The molecule has 102 valence electrons. The molecule has 0 bridgehead atoms. The molecule has 0 aliphatic carbocycles. The van der Waals surface area contributed by atoms with Crippen LogP contribution in [0.4, 0.5) is 0 Å². The van der Waals surface area contributed by atoms with Gasteiger partial charge in [0.25, 0.3) is 0 Å². The van der Waals surface area contributed by atoms with Gasteiger partial charge in [0.05, 0.1) is 0 Å². The van der Waals surface area contributed by atoms with Crippen LogP contribution in [0.25, 0.3) is 0 Å². The SMILES string of the molecule is CNCCCNS(=O)(=O)c1cc(C(=O)O)oc1C. The Kier molecular flexibility index (Phi) is 4.88. The maximum atomic E-state index is 11.9. The molecular weight excluding hydrogens is 260 g/mol. The second-order valence-electron chi connectivity index (χ2n) is 3.69. The number of hydrogen-bond acceptors (Lipinski definition) is 5. The lowest BCUT2D eigenvalue weighted by molar-refractivity contribution is 0.0661. The molecular formula is C10H16N2O5S. The van der Waals surface area contributed by atoms with Crippen molar-refractivity contribution in [1.29, 1.82) is 0 Å². The van der Waals surface area contributed by atoms with E-state index in [1.165, 1.54) is 6.92 Å². The van der Waals surface area contributed by atoms with Gasteiger partial charge in [0.1, 0.15) is 10.7 Å². The summed E-state index contributed by atoms with van der Waals surface area (Å²) in [6.45, 7) is 2.37. The van der Waals surface area contributed by atoms with E-state index < -0.39 is 16.0 Å². The highest BCUT2D eigenvalue weighted by molar-refractivity contribution is 7.89. The molecule has 8 heteroatoms. The minimum absolute atomic E-state index is 0.0634. The van der Waals surface area contributed by atoms with E-state index >= 15 is 0 Å². The molecule has 1 heterocycles. The van der Waals surface area contributed by atoms with Gasteiger partial charge in [-0.2, -0.15) is 0 Å². The summed E-state index contributed by atoms with van der Waals surface area (Å²) in [5.41, 5.74) is 0. The molecule has 7 nitrogen and oxygen atoms in total. The van der Waals surface area contributed by atoms with E-state index in [2.05, 4.69) is 10.0 Å². The third-order valence-electron chi connectivity index (χ3n) is 2.27. The van der Waals surface area contributed by atoms with Gasteiger partial charge in [-0.15, -0.1) is 0 Å². The van der Waals surface area contributed by atoms with Crippen LogP contribution in [0.15, 0.2) is 15.4 Å². The molecule has 0 amide bonds. The van der Waals surface area contributed by atoms with E-state index in [4.69, 9.17) is 9.52 Å². The summed E-state index contributed by atoms with van der Waals surface area (Å²) in [7, 11) is -1.95. The second kappa shape index (κ2) is 5.98. The molecule has 0 fully saturated rings. The Hall–Kier alpha value is -1.38. The quantitative estimate of drug-likeness (QED) is 0.613. The predicted octanol–water partition coefficient (Wildman–Crippen LogP) is 0.174. The molecule has 0 atom stereocenters. The first kappa shape index (κ1) is 14.7. The molecule has 0 unspecified atom stereocenters. The Bertz CT molecular complexity index is 520. The molecule has 1 rings (SSSR count). The maximum absolute atomic E-state index is 11.9. The van der Waals surface area contributed by atoms with Crippen molar-refractivity contribution in [1.82, 2.24) is 10.0 Å². The zero-order valence-electron chi connectivity index (χ0n) is 10.2. The summed E-state index contributed by atoms with van der Waals surface area (Å²) in [6, 6.07) is 1.01. The van der Waals surface area contributed by atoms with E-state index in [-0.39, 0.29) is 23.0 Å². The number of hydrogen-bond donors (Lipinski definition) is 3. The van der Waals surface area contributed by atoms with Gasteiger partial charge in [0.2, 0.25) is 15.8 Å². The second-order valence-corrected chi connectivity index (χ2v) is 5.43. The number of sulfonamides is 1. The fourth-order valence-electron chi connectivity index (χ4n) is 1.39. The van der Waals surface area contributed by atoms with Crippen molar-refractivity contribution in [3.8, 4) is 0 Å². The van der Waals surface area contributed by atoms with E-state index in [1.807, 2.05) is 0 Å². The highest BCUT2D eigenvalue weighted by atomic mass is 32.2. The topological polar surface area (TPSA) is 109 Å². The van der Waals surface area contributed by atoms with E-state index in [1.54, 1.807) is 7.05 Å². The highest BCUT2D eigenvalue weighted by Gasteiger charge is 2.23. The first-order valence-electron chi connectivity index (χ1n) is 5.36. The summed E-state index contributed by atoms with van der Waals surface area (Å²) in [5.74, 6) is -1.62. The molecule has 0 radical (unpaired) electrons. The Morgan fingerprint density at radius 3 is 2.61 bits per heavy atom. The van der Waals surface area contributed by atoms with Crippen molar-refractivity contribution in [2.45, 2.75) is 18.2 Å². The molecule has 0 spiro atoms. The number of carboxylic acids is 1. The molecule has 1 aromatic rings. The zero-order chi connectivity index (χ0) is 13.8. The van der Waals surface area contributed by atoms with Crippen LogP contribution < -0.4 is 10.0 Å². The molecule has 3 N–H and O–H groups in total. The van der Waals surface area contributed by atoms with Gasteiger partial charge in [-0.3, -0.25) is 0 Å². The number of carboxylic acid groups (broad SMARTS) is 1. The van der Waals surface area contributed by atoms with E-state index in [0.717, 1.165) is 6.07 Å². The summed E-state index contributed by atoms with van der Waals surface area (Å²) in [4.78, 5) is 10.5. The van der Waals surface area contributed by atoms with Gasteiger partial charge in [-0.25, -0.2) is 17.9 Å². The molecule has 0 saturated carbocycles. The fraction of sp³-hybridized carbons (Fsp3) is 0.500. The van der Waals surface area contributed by atoms with Crippen molar-refractivity contribution < 1.29 is 22.7 Å². The lowest BCUT2D eigenvalue weighted by atomic mass is 10.4. The van der Waals surface area contributed by atoms with Crippen molar-refractivity contribution in [2.24, 2.45) is 0 Å². The Labute approximate surface area is 105 Å². The lowest BCUT2D eigenvalue weighted by Crippen LogP contribution is -2.27. The number of carbonyl (C=O) groups is 1. The summed E-state index contributed by atoms with van der Waals surface area (Å²) >= 11 is 0. The van der Waals surface area contributed by atoms with Crippen molar-refractivity contribution in [3.63, 3.8) is 0 Å². The van der Waals surface area contributed by atoms with Crippen LogP contribution >= 0.6 is 0 Å². The van der Waals surface area contributed by atoms with E-state index in [9.17, 15) is 13.2 Å². The summed E-state index contributed by atoms with van der Waals surface area (Å²) in [5, 5.41) is 11.6. The molecule has 0 saturated heterocycles. The Balaban J connectivity index is 2.81. The summed E-state index contributed by atoms with van der Waals surface area (Å²) < 4.78 is 31.0. The predicted molar refractivity (Wildman–Crippen MR) is 64.1 cm³/mol. The molecule has 1 aromatic heterocycles. The lowest BCUT2D eigenvalue weighted by Gasteiger charge is -2.04. The monoisotopic (exact) mass is 276 g/mol. The van der Waals surface area contributed by atoms with Gasteiger partial charge >= 0.3 is 5.97 Å². The van der Waals surface area contributed by atoms with Crippen LogP contribution in [0.5, 0.6) is 0 Å². The largest absolute Gasteiger partial charge is 0.475 e. The first-order valence-corrected chi connectivity index (χ1v) is 6.85. The van der Waals surface area contributed by atoms with Crippen LogP contribution in [0, 0.1) is 6.92 Å². The summed E-state index contributed by atoms with van der Waals surface area (Å²) in [6.07, 6.45) is 0.637. The molecule has 18 heavy (non-hydrogen) atoms. The fourth-order valence-corrected chi connectivity index (χ4v) is 2.64. The van der Waals surface area contributed by atoms with Gasteiger partial charge in [0.15, 0.2) is 0 Å². The zero-order valence-corrected chi connectivity index (χ0v) is 11.0. The van der Waals surface area contributed by atoms with Crippen molar-refractivity contribution in [2.75, 3.05) is 20.1 Å².